The molecule has 0 saturated heterocycles. The third-order valence-corrected chi connectivity index (χ3v) is 2.37. The molecular formula is C9H17N3O. The van der Waals surface area contributed by atoms with Gasteiger partial charge in [-0.2, -0.15) is 0 Å². The minimum Gasteiger partial charge on any atom is -0.399 e. The van der Waals surface area contributed by atoms with Gasteiger partial charge in [-0.25, -0.2) is 0 Å². The molecule has 2 unspecified atom stereocenters. The maximum absolute atomic E-state index is 6.10. The lowest BCUT2D eigenvalue weighted by molar-refractivity contribution is 0.118. The summed E-state index contributed by atoms with van der Waals surface area (Å²) in [5.41, 5.74) is 11.9. The number of hydrogen-bond donors (Lipinski definition) is 3. The van der Waals surface area contributed by atoms with E-state index in [-0.39, 0.29) is 5.92 Å². The van der Waals surface area contributed by atoms with E-state index in [1.54, 1.807) is 13.3 Å². The summed E-state index contributed by atoms with van der Waals surface area (Å²) in [7, 11) is 1.65. The van der Waals surface area contributed by atoms with Crippen molar-refractivity contribution in [3.8, 4) is 0 Å². The molecule has 0 aromatic heterocycles. The van der Waals surface area contributed by atoms with Crippen LogP contribution in [0.15, 0.2) is 24.0 Å². The molecule has 2 atom stereocenters. The highest BCUT2D eigenvalue weighted by Crippen LogP contribution is 2.19. The second-order valence-electron chi connectivity index (χ2n) is 3.35. The van der Waals surface area contributed by atoms with Crippen LogP contribution >= 0.6 is 0 Å². The summed E-state index contributed by atoms with van der Waals surface area (Å²) in [6.07, 6.45) is 5.44. The van der Waals surface area contributed by atoms with Crippen LogP contribution in [0.4, 0.5) is 0 Å². The highest BCUT2D eigenvalue weighted by molar-refractivity contribution is 5.26. The molecule has 0 radical (unpaired) electrons. The van der Waals surface area contributed by atoms with Crippen molar-refractivity contribution in [1.82, 2.24) is 5.32 Å². The van der Waals surface area contributed by atoms with Crippen molar-refractivity contribution in [2.24, 2.45) is 17.4 Å². The monoisotopic (exact) mass is 183 g/mol. The summed E-state index contributed by atoms with van der Waals surface area (Å²) in [6, 6.07) is 0. The topological polar surface area (TPSA) is 73.3 Å². The van der Waals surface area contributed by atoms with Crippen LogP contribution in [0.25, 0.3) is 0 Å². The minimum atomic E-state index is -0.676. The van der Waals surface area contributed by atoms with Crippen molar-refractivity contribution < 1.29 is 4.74 Å². The molecule has 4 nitrogen and oxygen atoms in total. The number of dihydropyridines is 1. The van der Waals surface area contributed by atoms with E-state index in [0.29, 0.717) is 12.3 Å². The summed E-state index contributed by atoms with van der Waals surface area (Å²) < 4.78 is 5.04. The number of hydrogen-bond acceptors (Lipinski definition) is 4. The van der Waals surface area contributed by atoms with Crippen LogP contribution < -0.4 is 16.8 Å². The van der Waals surface area contributed by atoms with Gasteiger partial charge in [0.15, 0.2) is 0 Å². The molecule has 0 aromatic rings. The van der Waals surface area contributed by atoms with Crippen LogP contribution in [0.5, 0.6) is 0 Å². The van der Waals surface area contributed by atoms with Gasteiger partial charge < -0.3 is 21.5 Å². The first-order valence-corrected chi connectivity index (χ1v) is 4.29. The molecule has 0 amide bonds. The van der Waals surface area contributed by atoms with Gasteiger partial charge in [0.25, 0.3) is 0 Å². The van der Waals surface area contributed by atoms with Crippen LogP contribution in [0, 0.1) is 5.92 Å². The van der Waals surface area contributed by atoms with E-state index in [1.807, 2.05) is 19.1 Å². The molecule has 1 aliphatic heterocycles. The number of rotatable bonds is 3. The number of nitrogens with two attached hydrogens (primary N) is 2. The van der Waals surface area contributed by atoms with Crippen molar-refractivity contribution in [1.29, 1.82) is 0 Å². The van der Waals surface area contributed by atoms with Crippen LogP contribution in [-0.4, -0.2) is 19.4 Å². The van der Waals surface area contributed by atoms with E-state index in [4.69, 9.17) is 16.2 Å². The average Bonchev–Trinajstić information content (AvgIpc) is 2.11. The Morgan fingerprint density at radius 2 is 2.38 bits per heavy atom. The Bertz CT molecular complexity index is 237. The molecular weight excluding hydrogens is 166 g/mol. The first kappa shape index (κ1) is 10.1. The largest absolute Gasteiger partial charge is 0.399 e. The van der Waals surface area contributed by atoms with E-state index in [1.165, 1.54) is 0 Å². The summed E-state index contributed by atoms with van der Waals surface area (Å²) >= 11 is 0. The third-order valence-electron chi connectivity index (χ3n) is 2.37. The Morgan fingerprint density at radius 3 is 2.92 bits per heavy atom. The van der Waals surface area contributed by atoms with Crippen molar-refractivity contribution in [2.45, 2.75) is 12.6 Å². The van der Waals surface area contributed by atoms with Gasteiger partial charge in [-0.05, 0) is 18.4 Å². The Balaban J connectivity index is 2.75. The van der Waals surface area contributed by atoms with Gasteiger partial charge in [0.1, 0.15) is 5.66 Å². The zero-order valence-electron chi connectivity index (χ0n) is 8.08. The number of allylic oxidation sites excluding steroid dienone is 2. The number of ether oxygens (including phenoxy) is 1. The molecule has 0 bridgehead atoms. The third kappa shape index (κ3) is 1.84. The lowest BCUT2D eigenvalue weighted by Crippen LogP contribution is -2.61. The fourth-order valence-electron chi connectivity index (χ4n) is 1.37. The van der Waals surface area contributed by atoms with E-state index in [9.17, 15) is 0 Å². The Morgan fingerprint density at radius 1 is 1.69 bits per heavy atom. The lowest BCUT2D eigenvalue weighted by Gasteiger charge is -2.37. The highest BCUT2D eigenvalue weighted by atomic mass is 16.5. The standard InChI is InChI=1S/C9H17N3O/c1-7(6-13-2)9(11)8(10)4-3-5-12-9/h3-5,7,12H,6,10-11H2,1-2H3. The number of methoxy groups -OCH3 is 1. The highest BCUT2D eigenvalue weighted by Gasteiger charge is 2.34. The average molecular weight is 183 g/mol. The smallest absolute Gasteiger partial charge is 0.131 e. The fraction of sp³-hybridized carbons (Fsp3) is 0.556. The first-order valence-electron chi connectivity index (χ1n) is 4.29. The van der Waals surface area contributed by atoms with Gasteiger partial charge in [-0.3, -0.25) is 0 Å². The van der Waals surface area contributed by atoms with Crippen LogP contribution in [0.2, 0.25) is 0 Å². The van der Waals surface area contributed by atoms with Crippen molar-refractivity contribution in [2.75, 3.05) is 13.7 Å². The molecule has 0 aliphatic carbocycles. The maximum atomic E-state index is 6.10. The van der Waals surface area contributed by atoms with Gasteiger partial charge >= 0.3 is 0 Å². The zero-order valence-corrected chi connectivity index (χ0v) is 8.08. The van der Waals surface area contributed by atoms with Crippen LogP contribution in [0.1, 0.15) is 6.92 Å². The van der Waals surface area contributed by atoms with Crippen molar-refractivity contribution in [3.05, 3.63) is 24.0 Å². The Kier molecular flexibility index (Phi) is 2.95. The van der Waals surface area contributed by atoms with E-state index in [2.05, 4.69) is 5.32 Å². The summed E-state index contributed by atoms with van der Waals surface area (Å²) in [5, 5.41) is 3.05. The summed E-state index contributed by atoms with van der Waals surface area (Å²) in [6.45, 7) is 2.57. The second-order valence-corrected chi connectivity index (χ2v) is 3.35. The minimum absolute atomic E-state index is 0.124. The molecule has 1 rings (SSSR count). The molecule has 0 fully saturated rings. The predicted octanol–water partition coefficient (Wildman–Crippen LogP) is -0.117. The maximum Gasteiger partial charge on any atom is 0.131 e. The molecule has 4 heteroatoms. The lowest BCUT2D eigenvalue weighted by atomic mass is 9.91. The SMILES string of the molecule is COCC(C)C1(N)NC=CC=C1N. The van der Waals surface area contributed by atoms with E-state index in [0.717, 1.165) is 0 Å². The molecule has 5 N–H and O–H groups in total. The molecule has 74 valence electrons. The fourth-order valence-corrected chi connectivity index (χ4v) is 1.37. The summed E-state index contributed by atoms with van der Waals surface area (Å²) in [4.78, 5) is 0. The van der Waals surface area contributed by atoms with Crippen LogP contribution in [0.3, 0.4) is 0 Å². The van der Waals surface area contributed by atoms with Gasteiger partial charge in [-0.15, -0.1) is 0 Å². The molecule has 0 spiro atoms. The normalized spacial score (nSPS) is 29.3. The Hall–Kier alpha value is -1.00. The van der Waals surface area contributed by atoms with Gasteiger partial charge in [0.05, 0.1) is 6.61 Å². The van der Waals surface area contributed by atoms with Crippen molar-refractivity contribution in [3.63, 3.8) is 0 Å². The van der Waals surface area contributed by atoms with Crippen LogP contribution in [-0.2, 0) is 4.74 Å². The van der Waals surface area contributed by atoms with Crippen molar-refractivity contribution >= 4 is 0 Å². The molecule has 13 heavy (non-hydrogen) atoms. The molecule has 1 aliphatic rings. The number of nitrogens with one attached hydrogen (secondary N) is 1. The second kappa shape index (κ2) is 3.81. The molecule has 0 saturated carbocycles. The van der Waals surface area contributed by atoms with E-state index < -0.39 is 5.66 Å². The molecule has 1 heterocycles. The first-order chi connectivity index (χ1) is 6.11. The van der Waals surface area contributed by atoms with Gasteiger partial charge in [0.2, 0.25) is 0 Å². The zero-order chi connectivity index (χ0) is 9.90. The quantitative estimate of drug-likeness (QED) is 0.570. The predicted molar refractivity (Wildman–Crippen MR) is 52.5 cm³/mol. The summed E-state index contributed by atoms with van der Waals surface area (Å²) in [5.74, 6) is 0.124. The van der Waals surface area contributed by atoms with Gasteiger partial charge in [0, 0.05) is 18.7 Å². The van der Waals surface area contributed by atoms with E-state index >= 15 is 0 Å². The van der Waals surface area contributed by atoms with Gasteiger partial charge in [-0.1, -0.05) is 6.92 Å². The Labute approximate surface area is 78.6 Å². The molecule has 0 aromatic carbocycles.